The summed E-state index contributed by atoms with van der Waals surface area (Å²) in [6, 6.07) is 59.9. The highest BCUT2D eigenvalue weighted by Crippen LogP contribution is 2.38. The van der Waals surface area contributed by atoms with Crippen LogP contribution in [0.4, 0.5) is 0 Å². The van der Waals surface area contributed by atoms with Gasteiger partial charge in [0, 0.05) is 21.9 Å². The fraction of sp³-hybridized carbons (Fsp3) is 0.0625. The number of hydrogen-bond acceptors (Lipinski definition) is 3. The first-order valence-electron chi connectivity index (χ1n) is 17.8. The van der Waals surface area contributed by atoms with Gasteiger partial charge in [0.1, 0.15) is 0 Å². The summed E-state index contributed by atoms with van der Waals surface area (Å²) in [5.41, 5.74) is 13.7. The van der Waals surface area contributed by atoms with Crippen LogP contribution in [0, 0.1) is 6.92 Å². The molecule has 248 valence electrons. The van der Waals surface area contributed by atoms with E-state index in [0.717, 1.165) is 39.4 Å². The zero-order valence-corrected chi connectivity index (χ0v) is 29.2. The van der Waals surface area contributed by atoms with Gasteiger partial charge in [0.2, 0.25) is 5.95 Å². The fourth-order valence-electron chi connectivity index (χ4n) is 7.37. The van der Waals surface area contributed by atoms with Gasteiger partial charge in [0.25, 0.3) is 0 Å². The molecule has 0 aliphatic rings. The summed E-state index contributed by atoms with van der Waals surface area (Å²) in [4.78, 5) is 15.5. The summed E-state index contributed by atoms with van der Waals surface area (Å²) in [5.74, 6) is 1.86. The van der Waals surface area contributed by atoms with E-state index in [2.05, 4.69) is 170 Å². The van der Waals surface area contributed by atoms with Crippen molar-refractivity contribution < 1.29 is 0 Å². The van der Waals surface area contributed by atoms with Gasteiger partial charge in [-0.05, 0) is 88.2 Å². The number of benzene rings is 7. The van der Waals surface area contributed by atoms with Gasteiger partial charge in [-0.3, -0.25) is 4.57 Å². The fourth-order valence-corrected chi connectivity index (χ4v) is 7.37. The summed E-state index contributed by atoms with van der Waals surface area (Å²) in [6.07, 6.45) is 0.979. The monoisotopic (exact) mass is 668 g/mol. The van der Waals surface area contributed by atoms with Gasteiger partial charge < -0.3 is 0 Å². The molecule has 0 saturated heterocycles. The van der Waals surface area contributed by atoms with E-state index in [1.807, 2.05) is 18.2 Å². The predicted molar refractivity (Wildman–Crippen MR) is 215 cm³/mol. The predicted octanol–water partition coefficient (Wildman–Crippen LogP) is 12.2. The van der Waals surface area contributed by atoms with Crippen LogP contribution in [0.2, 0.25) is 0 Å². The van der Waals surface area contributed by atoms with E-state index in [1.54, 1.807) is 0 Å². The number of hydrogen-bond donors (Lipinski definition) is 0. The summed E-state index contributed by atoms with van der Waals surface area (Å²) in [6.45, 7) is 4.38. The summed E-state index contributed by atoms with van der Waals surface area (Å²) in [5, 5.41) is 2.29. The van der Waals surface area contributed by atoms with E-state index >= 15 is 0 Å². The highest BCUT2D eigenvalue weighted by atomic mass is 15.2. The average molecular weight is 669 g/mol. The first kappa shape index (κ1) is 31.3. The van der Waals surface area contributed by atoms with Crippen molar-refractivity contribution in [3.8, 4) is 62.1 Å². The highest BCUT2D eigenvalue weighted by molar-refractivity contribution is 6.11. The van der Waals surface area contributed by atoms with Crippen molar-refractivity contribution in [2.24, 2.45) is 0 Å². The normalized spacial score (nSPS) is 11.3. The molecular weight excluding hydrogens is 633 g/mol. The minimum atomic E-state index is 0.585. The lowest BCUT2D eigenvalue weighted by Crippen LogP contribution is -2.06. The lowest BCUT2D eigenvalue weighted by Gasteiger charge is -2.14. The number of rotatable bonds is 7. The smallest absolute Gasteiger partial charge is 0.238 e. The molecule has 4 nitrogen and oxygen atoms in total. The lowest BCUT2D eigenvalue weighted by molar-refractivity contribution is 0.953. The molecule has 9 rings (SSSR count). The van der Waals surface area contributed by atoms with E-state index in [4.69, 9.17) is 15.0 Å². The van der Waals surface area contributed by atoms with Crippen LogP contribution in [0.25, 0.3) is 83.9 Å². The van der Waals surface area contributed by atoms with Crippen LogP contribution < -0.4 is 0 Å². The average Bonchev–Trinajstić information content (AvgIpc) is 3.54. The molecule has 0 aliphatic carbocycles. The molecule has 2 heterocycles. The van der Waals surface area contributed by atoms with Crippen LogP contribution in [0.3, 0.4) is 0 Å². The lowest BCUT2D eigenvalue weighted by atomic mass is 9.93. The minimum Gasteiger partial charge on any atom is -0.278 e. The van der Waals surface area contributed by atoms with Gasteiger partial charge in [0.15, 0.2) is 11.6 Å². The van der Waals surface area contributed by atoms with E-state index in [-0.39, 0.29) is 0 Å². The molecule has 0 radical (unpaired) electrons. The van der Waals surface area contributed by atoms with Gasteiger partial charge in [0.05, 0.1) is 11.0 Å². The quantitative estimate of drug-likeness (QED) is 0.170. The van der Waals surface area contributed by atoms with Gasteiger partial charge in [-0.1, -0.05) is 146 Å². The molecular formula is C48H36N4. The van der Waals surface area contributed by atoms with Crippen molar-refractivity contribution >= 4 is 21.8 Å². The first-order chi connectivity index (χ1) is 25.6. The van der Waals surface area contributed by atoms with Crippen molar-refractivity contribution in [1.82, 2.24) is 19.5 Å². The Hall–Kier alpha value is -6.65. The maximum Gasteiger partial charge on any atom is 0.238 e. The summed E-state index contributed by atoms with van der Waals surface area (Å²) in [7, 11) is 0. The van der Waals surface area contributed by atoms with Crippen LogP contribution in [0.15, 0.2) is 170 Å². The van der Waals surface area contributed by atoms with Crippen molar-refractivity contribution in [3.63, 3.8) is 0 Å². The summed E-state index contributed by atoms with van der Waals surface area (Å²) >= 11 is 0. The second-order valence-electron chi connectivity index (χ2n) is 13.2. The van der Waals surface area contributed by atoms with E-state index in [0.29, 0.717) is 17.6 Å². The molecule has 0 atom stereocenters. The third-order valence-corrected chi connectivity index (χ3v) is 10.0. The van der Waals surface area contributed by atoms with Gasteiger partial charge in [-0.2, -0.15) is 9.97 Å². The molecule has 4 heteroatoms. The number of aromatic nitrogens is 4. The third kappa shape index (κ3) is 5.65. The molecule has 0 aliphatic heterocycles. The molecule has 0 unspecified atom stereocenters. The molecule has 9 aromatic rings. The summed E-state index contributed by atoms with van der Waals surface area (Å²) < 4.78 is 2.20. The molecule has 2 aromatic heterocycles. The van der Waals surface area contributed by atoms with Crippen LogP contribution in [-0.2, 0) is 6.42 Å². The maximum absolute atomic E-state index is 5.25. The molecule has 0 bridgehead atoms. The Morgan fingerprint density at radius 2 is 0.923 bits per heavy atom. The zero-order chi connectivity index (χ0) is 35.0. The van der Waals surface area contributed by atoms with E-state index in [9.17, 15) is 0 Å². The van der Waals surface area contributed by atoms with Crippen LogP contribution in [-0.4, -0.2) is 19.5 Å². The van der Waals surface area contributed by atoms with Gasteiger partial charge in [-0.25, -0.2) is 4.98 Å². The van der Waals surface area contributed by atoms with Crippen molar-refractivity contribution in [2.75, 3.05) is 0 Å². The van der Waals surface area contributed by atoms with Crippen LogP contribution in [0.5, 0.6) is 0 Å². The Labute approximate surface area is 303 Å². The standard InChI is InChI=1S/C48H36N4/c1-3-33-15-13-14-22-41(33)40-26-23-39(29-32(40)2)47-49-46(36-20-11-6-12-21-36)50-48(51-47)52-44-27-24-37(34-16-7-4-8-17-34)30-42(44)43-31-38(25-28-45(43)52)35-18-9-5-10-19-35/h4-31H,3H2,1-2H3. The SMILES string of the molecule is CCc1ccccc1-c1ccc(-c2nc(-c3ccccc3)nc(-n3c4ccc(-c5ccccc5)cc4c4cc(-c5ccccc5)ccc43)n2)cc1C. The molecule has 0 saturated carbocycles. The number of fused-ring (bicyclic) bond motifs is 3. The molecule has 7 aromatic carbocycles. The van der Waals surface area contributed by atoms with E-state index in [1.165, 1.54) is 44.5 Å². The Balaban J connectivity index is 1.27. The third-order valence-electron chi connectivity index (χ3n) is 10.0. The first-order valence-corrected chi connectivity index (χ1v) is 17.8. The maximum atomic E-state index is 5.25. The highest BCUT2D eigenvalue weighted by Gasteiger charge is 2.20. The number of nitrogens with zero attached hydrogens (tertiary/aromatic N) is 4. The van der Waals surface area contributed by atoms with Crippen molar-refractivity contribution in [2.45, 2.75) is 20.3 Å². The minimum absolute atomic E-state index is 0.585. The topological polar surface area (TPSA) is 43.6 Å². The molecule has 0 amide bonds. The van der Waals surface area contributed by atoms with Gasteiger partial charge in [-0.15, -0.1) is 0 Å². The Kier molecular flexibility index (Phi) is 7.98. The molecule has 52 heavy (non-hydrogen) atoms. The Morgan fingerprint density at radius 1 is 0.423 bits per heavy atom. The molecule has 0 fully saturated rings. The Morgan fingerprint density at radius 3 is 1.48 bits per heavy atom. The Bertz CT molecular complexity index is 2620. The largest absolute Gasteiger partial charge is 0.278 e. The second kappa shape index (κ2) is 13.2. The molecule has 0 spiro atoms. The molecule has 0 N–H and O–H groups in total. The second-order valence-corrected chi connectivity index (χ2v) is 13.2. The van der Waals surface area contributed by atoms with Crippen LogP contribution in [0.1, 0.15) is 18.1 Å². The van der Waals surface area contributed by atoms with Crippen LogP contribution >= 0.6 is 0 Å². The van der Waals surface area contributed by atoms with Crippen molar-refractivity contribution in [3.05, 3.63) is 181 Å². The van der Waals surface area contributed by atoms with E-state index < -0.39 is 0 Å². The van der Waals surface area contributed by atoms with Gasteiger partial charge >= 0.3 is 0 Å². The van der Waals surface area contributed by atoms with Crippen molar-refractivity contribution in [1.29, 1.82) is 0 Å². The zero-order valence-electron chi connectivity index (χ0n) is 29.2. The number of aryl methyl sites for hydroxylation is 2.